The molecule has 0 aliphatic carbocycles. The molecule has 2 heterocycles. The molecule has 0 spiro atoms. The summed E-state index contributed by atoms with van der Waals surface area (Å²) in [6, 6.07) is 4.40. The fraction of sp³-hybridized carbons (Fsp3) is 0.400. The molecule has 5 nitrogen and oxygen atoms in total. The summed E-state index contributed by atoms with van der Waals surface area (Å²) in [5.74, 6) is -0.294. The van der Waals surface area contributed by atoms with Gasteiger partial charge in [-0.1, -0.05) is 0 Å². The van der Waals surface area contributed by atoms with Crippen LogP contribution in [0, 0.1) is 13.8 Å². The van der Waals surface area contributed by atoms with Crippen LogP contribution in [0.1, 0.15) is 36.7 Å². The quantitative estimate of drug-likeness (QED) is 0.587. The number of fused-ring (bicyclic) bond motifs is 1. The third-order valence-corrected chi connectivity index (χ3v) is 4.42. The standard InChI is InChI=1S/C20H22F3N3O2/c1-11(2)26-9-12(3)17-19(26)24-13(4)18(25-17)16-7-6-15(28-20(21,22)23)8-14(16)10-27-5/h6-9,11H,10H2,1-5H3. The maximum atomic E-state index is 12.6. The van der Waals surface area contributed by atoms with Crippen molar-refractivity contribution in [3.63, 3.8) is 0 Å². The van der Waals surface area contributed by atoms with E-state index in [1.54, 1.807) is 6.07 Å². The van der Waals surface area contributed by atoms with Gasteiger partial charge >= 0.3 is 6.36 Å². The molecule has 150 valence electrons. The molecule has 0 saturated heterocycles. The number of aromatic nitrogens is 3. The Labute approximate surface area is 161 Å². The topological polar surface area (TPSA) is 49.2 Å². The van der Waals surface area contributed by atoms with Crippen molar-refractivity contribution in [1.82, 2.24) is 14.5 Å². The first-order valence-electron chi connectivity index (χ1n) is 8.84. The van der Waals surface area contributed by atoms with Crippen molar-refractivity contribution in [2.45, 2.75) is 46.7 Å². The van der Waals surface area contributed by atoms with E-state index in [2.05, 4.69) is 23.2 Å². The van der Waals surface area contributed by atoms with Gasteiger partial charge in [0.25, 0.3) is 0 Å². The zero-order valence-electron chi connectivity index (χ0n) is 16.4. The third kappa shape index (κ3) is 3.96. The molecular weight excluding hydrogens is 371 g/mol. The smallest absolute Gasteiger partial charge is 0.406 e. The molecule has 3 rings (SSSR count). The van der Waals surface area contributed by atoms with E-state index in [0.29, 0.717) is 22.5 Å². The van der Waals surface area contributed by atoms with Crippen molar-refractivity contribution in [2.75, 3.05) is 7.11 Å². The Bertz CT molecular complexity index is 1010. The average Bonchev–Trinajstić information content (AvgIpc) is 2.90. The van der Waals surface area contributed by atoms with Crippen molar-refractivity contribution in [3.8, 4) is 17.0 Å². The second-order valence-corrected chi connectivity index (χ2v) is 6.94. The molecule has 0 aliphatic rings. The molecular formula is C20H22F3N3O2. The molecule has 8 heteroatoms. The average molecular weight is 393 g/mol. The highest BCUT2D eigenvalue weighted by molar-refractivity contribution is 5.80. The van der Waals surface area contributed by atoms with Crippen molar-refractivity contribution >= 4 is 11.2 Å². The van der Waals surface area contributed by atoms with Crippen molar-refractivity contribution in [3.05, 3.63) is 41.2 Å². The summed E-state index contributed by atoms with van der Waals surface area (Å²) in [4.78, 5) is 9.52. The van der Waals surface area contributed by atoms with Gasteiger partial charge in [-0.05, 0) is 57.0 Å². The first-order valence-corrected chi connectivity index (χ1v) is 8.84. The lowest BCUT2D eigenvalue weighted by atomic mass is 10.0. The van der Waals surface area contributed by atoms with E-state index >= 15 is 0 Å². The molecule has 2 aromatic heterocycles. The van der Waals surface area contributed by atoms with Crippen LogP contribution < -0.4 is 4.74 Å². The highest BCUT2D eigenvalue weighted by atomic mass is 19.4. The van der Waals surface area contributed by atoms with E-state index in [-0.39, 0.29) is 18.4 Å². The fourth-order valence-electron chi connectivity index (χ4n) is 3.20. The largest absolute Gasteiger partial charge is 0.573 e. The Hall–Kier alpha value is -2.61. The van der Waals surface area contributed by atoms with Gasteiger partial charge in [-0.2, -0.15) is 0 Å². The fourth-order valence-corrected chi connectivity index (χ4v) is 3.20. The second kappa shape index (κ2) is 7.43. The zero-order chi connectivity index (χ0) is 20.6. The van der Waals surface area contributed by atoms with Crippen molar-refractivity contribution in [1.29, 1.82) is 0 Å². The molecule has 0 amide bonds. The lowest BCUT2D eigenvalue weighted by molar-refractivity contribution is -0.274. The lowest BCUT2D eigenvalue weighted by Gasteiger charge is -2.15. The maximum Gasteiger partial charge on any atom is 0.573 e. The summed E-state index contributed by atoms with van der Waals surface area (Å²) in [5, 5.41) is 0. The number of hydrogen-bond donors (Lipinski definition) is 0. The van der Waals surface area contributed by atoms with Crippen molar-refractivity contribution in [2.24, 2.45) is 0 Å². The van der Waals surface area contributed by atoms with Crippen LogP contribution >= 0.6 is 0 Å². The minimum atomic E-state index is -4.75. The van der Waals surface area contributed by atoms with E-state index in [1.807, 2.05) is 20.0 Å². The minimum absolute atomic E-state index is 0.121. The van der Waals surface area contributed by atoms with Gasteiger partial charge in [-0.3, -0.25) is 0 Å². The molecule has 0 saturated carbocycles. The van der Waals surface area contributed by atoms with E-state index in [4.69, 9.17) is 14.7 Å². The van der Waals surface area contributed by atoms with Crippen molar-refractivity contribution < 1.29 is 22.6 Å². The maximum absolute atomic E-state index is 12.6. The molecule has 1 aromatic carbocycles. The van der Waals surface area contributed by atoms with Crippen LogP contribution in [-0.4, -0.2) is 28.0 Å². The minimum Gasteiger partial charge on any atom is -0.406 e. The lowest BCUT2D eigenvalue weighted by Crippen LogP contribution is -2.17. The van der Waals surface area contributed by atoms with E-state index in [9.17, 15) is 13.2 Å². The summed E-state index contributed by atoms with van der Waals surface area (Å²) in [7, 11) is 1.48. The van der Waals surface area contributed by atoms with Gasteiger partial charge in [0, 0.05) is 24.9 Å². The van der Waals surface area contributed by atoms with Gasteiger partial charge in [-0.15, -0.1) is 13.2 Å². The van der Waals surface area contributed by atoms with Gasteiger partial charge in [0.15, 0.2) is 5.65 Å². The van der Waals surface area contributed by atoms with Crippen LogP contribution in [0.4, 0.5) is 13.2 Å². The Morgan fingerprint density at radius 1 is 1.14 bits per heavy atom. The number of ether oxygens (including phenoxy) is 2. The SMILES string of the molecule is COCc1cc(OC(F)(F)F)ccc1-c1nc2c(C)cn(C(C)C)c2nc1C. The number of nitrogens with zero attached hydrogens (tertiary/aromatic N) is 3. The van der Waals surface area contributed by atoms with Gasteiger partial charge < -0.3 is 14.0 Å². The predicted octanol–water partition coefficient (Wildman–Crippen LogP) is 5.34. The number of halogens is 3. The highest BCUT2D eigenvalue weighted by Gasteiger charge is 2.31. The Morgan fingerprint density at radius 2 is 1.86 bits per heavy atom. The molecule has 0 radical (unpaired) electrons. The van der Waals surface area contributed by atoms with E-state index < -0.39 is 6.36 Å². The summed E-state index contributed by atoms with van der Waals surface area (Å²) >= 11 is 0. The molecule has 28 heavy (non-hydrogen) atoms. The zero-order valence-corrected chi connectivity index (χ0v) is 16.4. The van der Waals surface area contributed by atoms with Gasteiger partial charge in [0.05, 0.1) is 18.0 Å². The Balaban J connectivity index is 2.15. The number of methoxy groups -OCH3 is 1. The van der Waals surface area contributed by atoms with Gasteiger partial charge in [0.1, 0.15) is 11.3 Å². The molecule has 0 N–H and O–H groups in total. The summed E-state index contributed by atoms with van der Waals surface area (Å²) in [6.45, 7) is 8.06. The number of hydrogen-bond acceptors (Lipinski definition) is 4. The van der Waals surface area contributed by atoms with Crippen LogP contribution in [0.15, 0.2) is 24.4 Å². The molecule has 0 unspecified atom stereocenters. The number of aryl methyl sites for hydroxylation is 2. The molecule has 0 atom stereocenters. The molecule has 3 aromatic rings. The predicted molar refractivity (Wildman–Crippen MR) is 100 cm³/mol. The normalized spacial score (nSPS) is 12.2. The highest BCUT2D eigenvalue weighted by Crippen LogP contribution is 2.33. The molecule has 0 aliphatic heterocycles. The molecule has 0 bridgehead atoms. The second-order valence-electron chi connectivity index (χ2n) is 6.94. The van der Waals surface area contributed by atoms with Crippen LogP contribution in [0.2, 0.25) is 0 Å². The number of rotatable bonds is 5. The van der Waals surface area contributed by atoms with Crippen LogP contribution in [0.3, 0.4) is 0 Å². The Kier molecular flexibility index (Phi) is 5.34. The first kappa shape index (κ1) is 20.1. The first-order chi connectivity index (χ1) is 13.1. The number of benzene rings is 1. The Morgan fingerprint density at radius 3 is 2.46 bits per heavy atom. The monoisotopic (exact) mass is 393 g/mol. The summed E-state index contributed by atoms with van der Waals surface area (Å²) in [5.41, 5.74) is 5.06. The van der Waals surface area contributed by atoms with E-state index in [0.717, 1.165) is 16.7 Å². The van der Waals surface area contributed by atoms with Gasteiger partial charge in [-0.25, -0.2) is 9.97 Å². The van der Waals surface area contributed by atoms with Crippen LogP contribution in [0.25, 0.3) is 22.4 Å². The van der Waals surface area contributed by atoms with Crippen LogP contribution in [0.5, 0.6) is 5.75 Å². The third-order valence-electron chi connectivity index (χ3n) is 4.42. The van der Waals surface area contributed by atoms with E-state index in [1.165, 1.54) is 19.2 Å². The summed E-state index contributed by atoms with van der Waals surface area (Å²) < 4.78 is 48.9. The van der Waals surface area contributed by atoms with Crippen LogP contribution in [-0.2, 0) is 11.3 Å². The number of alkyl halides is 3. The molecule has 0 fully saturated rings. The summed E-state index contributed by atoms with van der Waals surface area (Å²) in [6.07, 6.45) is -2.74. The van der Waals surface area contributed by atoms with Gasteiger partial charge in [0.2, 0.25) is 0 Å².